The molecule has 1 aromatic rings. The first-order chi connectivity index (χ1) is 7.54. The molecule has 0 atom stereocenters. The van der Waals surface area contributed by atoms with Crippen LogP contribution in [0.3, 0.4) is 0 Å². The lowest BCUT2D eigenvalue weighted by molar-refractivity contribution is 1.23. The van der Waals surface area contributed by atoms with Crippen molar-refractivity contribution < 1.29 is 0 Å². The minimum atomic E-state index is 0.416. The molecule has 3 nitrogen and oxygen atoms in total. The highest BCUT2D eigenvalue weighted by Gasteiger charge is 2.02. The largest absolute Gasteiger partial charge is 0.377 e. The molecule has 86 valence electrons. The van der Waals surface area contributed by atoms with E-state index in [1.807, 2.05) is 19.2 Å². The molecule has 0 heterocycles. The van der Waals surface area contributed by atoms with Crippen LogP contribution in [-0.2, 0) is 0 Å². The molecule has 0 radical (unpaired) electrons. The van der Waals surface area contributed by atoms with Gasteiger partial charge in [-0.25, -0.2) is 0 Å². The maximum atomic E-state index is 5.90. The maximum absolute atomic E-state index is 5.90. The van der Waals surface area contributed by atoms with Crippen LogP contribution in [0.15, 0.2) is 28.4 Å². The molecule has 6 heteroatoms. The normalized spacial score (nSPS) is 13.0. The van der Waals surface area contributed by atoms with Gasteiger partial charge in [-0.05, 0) is 30.9 Å². The van der Waals surface area contributed by atoms with Crippen molar-refractivity contribution in [2.45, 2.75) is 6.92 Å². The molecule has 0 aliphatic carbocycles. The van der Waals surface area contributed by atoms with Gasteiger partial charge in [0.25, 0.3) is 0 Å². The van der Waals surface area contributed by atoms with Crippen LogP contribution in [0.1, 0.15) is 12.5 Å². The van der Waals surface area contributed by atoms with E-state index >= 15 is 0 Å². The van der Waals surface area contributed by atoms with E-state index in [9.17, 15) is 0 Å². The molecule has 1 rings (SSSR count). The predicted molar refractivity (Wildman–Crippen MR) is 73.8 cm³/mol. The van der Waals surface area contributed by atoms with E-state index in [0.717, 1.165) is 11.3 Å². The molecule has 0 spiro atoms. The standard InChI is InChI=1S/C10H11Cl2N3S/c1-6(14-15-10(13)16-2)7-3-4-8(11)9(12)5-7/h3-5H,1-2H3,(H2,13,15)/b14-6-. The van der Waals surface area contributed by atoms with Crippen LogP contribution in [0.2, 0.25) is 10.0 Å². The van der Waals surface area contributed by atoms with Crippen molar-refractivity contribution in [1.29, 1.82) is 0 Å². The van der Waals surface area contributed by atoms with Crippen LogP contribution in [0.4, 0.5) is 0 Å². The van der Waals surface area contributed by atoms with Crippen LogP contribution >= 0.6 is 35.0 Å². The molecule has 1 aromatic carbocycles. The topological polar surface area (TPSA) is 50.7 Å². The number of hydrogen-bond acceptors (Lipinski definition) is 3. The molecule has 0 saturated carbocycles. The van der Waals surface area contributed by atoms with Gasteiger partial charge in [0.2, 0.25) is 0 Å². The van der Waals surface area contributed by atoms with E-state index in [1.54, 1.807) is 12.1 Å². The summed E-state index contributed by atoms with van der Waals surface area (Å²) >= 11 is 13.0. The van der Waals surface area contributed by atoms with Crippen molar-refractivity contribution in [3.8, 4) is 0 Å². The van der Waals surface area contributed by atoms with Gasteiger partial charge < -0.3 is 5.73 Å². The average Bonchev–Trinajstić information content (AvgIpc) is 2.29. The molecule has 0 bridgehead atoms. The third-order valence-corrected chi connectivity index (χ3v) is 3.08. The van der Waals surface area contributed by atoms with Crippen LogP contribution in [0.5, 0.6) is 0 Å². The van der Waals surface area contributed by atoms with Crippen LogP contribution in [0.25, 0.3) is 0 Å². The lowest BCUT2D eigenvalue weighted by atomic mass is 10.1. The van der Waals surface area contributed by atoms with E-state index in [4.69, 9.17) is 28.9 Å². The molecule has 0 amide bonds. The predicted octanol–water partition coefficient (Wildman–Crippen LogP) is 3.40. The Morgan fingerprint density at radius 2 is 1.94 bits per heavy atom. The van der Waals surface area contributed by atoms with Crippen molar-refractivity contribution in [2.24, 2.45) is 15.9 Å². The van der Waals surface area contributed by atoms with Crippen LogP contribution in [0, 0.1) is 0 Å². The van der Waals surface area contributed by atoms with Gasteiger partial charge >= 0.3 is 0 Å². The first-order valence-corrected chi connectivity index (χ1v) is 6.39. The van der Waals surface area contributed by atoms with Gasteiger partial charge in [-0.3, -0.25) is 0 Å². The lowest BCUT2D eigenvalue weighted by Gasteiger charge is -2.01. The van der Waals surface area contributed by atoms with Crippen molar-refractivity contribution in [2.75, 3.05) is 6.26 Å². The fraction of sp³-hybridized carbons (Fsp3) is 0.200. The zero-order valence-corrected chi connectivity index (χ0v) is 11.2. The molecule has 0 saturated heterocycles. The van der Waals surface area contributed by atoms with E-state index < -0.39 is 0 Å². The number of hydrogen-bond donors (Lipinski definition) is 1. The Morgan fingerprint density at radius 1 is 1.25 bits per heavy atom. The van der Waals surface area contributed by atoms with Gasteiger partial charge in [0.15, 0.2) is 5.17 Å². The third kappa shape index (κ3) is 3.70. The van der Waals surface area contributed by atoms with Gasteiger partial charge in [0.05, 0.1) is 15.8 Å². The molecule has 0 aliphatic rings. The Hall–Kier alpha value is -0.710. The number of benzene rings is 1. The van der Waals surface area contributed by atoms with E-state index in [1.165, 1.54) is 11.8 Å². The highest BCUT2D eigenvalue weighted by molar-refractivity contribution is 8.13. The molecule has 2 N–H and O–H groups in total. The molecular weight excluding hydrogens is 265 g/mol. The van der Waals surface area contributed by atoms with E-state index in [2.05, 4.69) is 10.2 Å². The minimum Gasteiger partial charge on any atom is -0.377 e. The number of thioether (sulfide) groups is 1. The van der Waals surface area contributed by atoms with Crippen LogP contribution < -0.4 is 5.73 Å². The Bertz CT molecular complexity index is 444. The van der Waals surface area contributed by atoms with Gasteiger partial charge in [0.1, 0.15) is 0 Å². The first-order valence-electron chi connectivity index (χ1n) is 4.41. The van der Waals surface area contributed by atoms with Crippen molar-refractivity contribution >= 4 is 45.8 Å². The monoisotopic (exact) mass is 275 g/mol. The van der Waals surface area contributed by atoms with Crippen molar-refractivity contribution in [3.63, 3.8) is 0 Å². The zero-order valence-electron chi connectivity index (χ0n) is 8.87. The number of nitrogens with zero attached hydrogens (tertiary/aromatic N) is 2. The minimum absolute atomic E-state index is 0.416. The lowest BCUT2D eigenvalue weighted by Crippen LogP contribution is -2.05. The van der Waals surface area contributed by atoms with Gasteiger partial charge in [-0.15, -0.1) is 5.10 Å². The second kappa shape index (κ2) is 6.13. The summed E-state index contributed by atoms with van der Waals surface area (Å²) in [6.45, 7) is 1.83. The summed E-state index contributed by atoms with van der Waals surface area (Å²) in [5.74, 6) is 0. The van der Waals surface area contributed by atoms with Gasteiger partial charge in [-0.1, -0.05) is 41.0 Å². The van der Waals surface area contributed by atoms with Crippen LogP contribution in [-0.4, -0.2) is 17.1 Å². The summed E-state index contributed by atoms with van der Waals surface area (Å²) in [6.07, 6.45) is 1.84. The molecule has 0 aromatic heterocycles. The maximum Gasteiger partial charge on any atom is 0.180 e. The van der Waals surface area contributed by atoms with Gasteiger partial charge in [0, 0.05) is 0 Å². The van der Waals surface area contributed by atoms with Crippen molar-refractivity contribution in [1.82, 2.24) is 0 Å². The number of amidine groups is 1. The highest BCUT2D eigenvalue weighted by atomic mass is 35.5. The molecule has 0 unspecified atom stereocenters. The molecule has 0 aliphatic heterocycles. The summed E-state index contributed by atoms with van der Waals surface area (Å²) < 4.78 is 0. The molecule has 16 heavy (non-hydrogen) atoms. The fourth-order valence-electron chi connectivity index (χ4n) is 0.944. The average molecular weight is 276 g/mol. The summed E-state index contributed by atoms with van der Waals surface area (Å²) in [7, 11) is 0. The highest BCUT2D eigenvalue weighted by Crippen LogP contribution is 2.22. The Kier molecular flexibility index (Phi) is 5.12. The number of rotatable bonds is 2. The van der Waals surface area contributed by atoms with Gasteiger partial charge in [-0.2, -0.15) is 5.10 Å². The quantitative estimate of drug-likeness (QED) is 0.511. The van der Waals surface area contributed by atoms with E-state index in [0.29, 0.717) is 15.2 Å². The number of halogens is 2. The SMILES string of the molecule is CS/C(N)=N\N=C(\C)c1ccc(Cl)c(Cl)c1. The number of nitrogens with two attached hydrogens (primary N) is 1. The Morgan fingerprint density at radius 3 is 2.50 bits per heavy atom. The third-order valence-electron chi connectivity index (χ3n) is 1.85. The summed E-state index contributed by atoms with van der Waals surface area (Å²) in [5.41, 5.74) is 7.11. The van der Waals surface area contributed by atoms with E-state index in [-0.39, 0.29) is 0 Å². The first kappa shape index (κ1) is 13.4. The Balaban J connectivity index is 2.96. The van der Waals surface area contributed by atoms with Crippen molar-refractivity contribution in [3.05, 3.63) is 33.8 Å². The second-order valence-electron chi connectivity index (χ2n) is 2.96. The zero-order chi connectivity index (χ0) is 12.1. The summed E-state index contributed by atoms with van der Waals surface area (Å²) in [4.78, 5) is 0. The molecular formula is C10H11Cl2N3S. The Labute approximate surface area is 109 Å². The smallest absolute Gasteiger partial charge is 0.180 e. The second-order valence-corrected chi connectivity index (χ2v) is 4.60. The fourth-order valence-corrected chi connectivity index (χ4v) is 1.36. The summed E-state index contributed by atoms with van der Waals surface area (Å²) in [5, 5.41) is 9.26. The molecule has 0 fully saturated rings. The summed E-state index contributed by atoms with van der Waals surface area (Å²) in [6, 6.07) is 5.30.